The van der Waals surface area contributed by atoms with Gasteiger partial charge in [0.15, 0.2) is 0 Å². The van der Waals surface area contributed by atoms with Crippen LogP contribution in [0.4, 0.5) is 0 Å². The van der Waals surface area contributed by atoms with Gasteiger partial charge in [0.2, 0.25) is 5.91 Å². The van der Waals surface area contributed by atoms with Gasteiger partial charge in [0.05, 0.1) is 18.8 Å². The molecule has 3 unspecified atom stereocenters. The van der Waals surface area contributed by atoms with Crippen LogP contribution in [-0.2, 0) is 4.79 Å². The van der Waals surface area contributed by atoms with E-state index in [9.17, 15) is 20.1 Å². The van der Waals surface area contributed by atoms with Crippen molar-refractivity contribution in [1.29, 1.82) is 0 Å². The van der Waals surface area contributed by atoms with E-state index < -0.39 is 24.2 Å². The van der Waals surface area contributed by atoms with Crippen LogP contribution in [0.3, 0.4) is 0 Å². The molecule has 0 aromatic rings. The molecule has 0 saturated heterocycles. The molecule has 0 aromatic carbocycles. The fourth-order valence-electron chi connectivity index (χ4n) is 9.84. The van der Waals surface area contributed by atoms with Crippen LogP contribution < -0.4 is 5.32 Å². The van der Waals surface area contributed by atoms with E-state index in [4.69, 9.17) is 0 Å². The second-order valence-corrected chi connectivity index (χ2v) is 20.9. The third-order valence-corrected chi connectivity index (χ3v) is 14.5. The number of rotatable bonds is 56. The molecule has 0 aromatic heterocycles. The van der Waals surface area contributed by atoms with Crippen LogP contribution in [0.1, 0.15) is 348 Å². The lowest BCUT2D eigenvalue weighted by atomic mass is 10.0. The Morgan fingerprint density at radius 2 is 0.500 bits per heavy atom. The lowest BCUT2D eigenvalue weighted by Crippen LogP contribution is -2.49. The predicted octanol–water partition coefficient (Wildman–Crippen LogP) is 18.5. The molecule has 0 aliphatic rings. The summed E-state index contributed by atoms with van der Waals surface area (Å²) in [6, 6.07) is -0.708. The molecule has 0 radical (unpaired) electrons. The number of amides is 1. The molecule has 5 heteroatoms. The highest BCUT2D eigenvalue weighted by molar-refractivity contribution is 5.80. The number of hydrogen-bond donors (Lipinski definition) is 4. The molecule has 64 heavy (non-hydrogen) atoms. The number of nitrogens with one attached hydrogen (secondary N) is 1. The van der Waals surface area contributed by atoms with Crippen LogP contribution >= 0.6 is 0 Å². The van der Waals surface area contributed by atoms with Crippen molar-refractivity contribution in [3.05, 3.63) is 0 Å². The van der Waals surface area contributed by atoms with Gasteiger partial charge < -0.3 is 20.6 Å². The first kappa shape index (κ1) is 63.4. The zero-order valence-corrected chi connectivity index (χ0v) is 44.0. The maximum atomic E-state index is 12.6. The third-order valence-electron chi connectivity index (χ3n) is 14.5. The van der Waals surface area contributed by atoms with Gasteiger partial charge in [-0.25, -0.2) is 0 Å². The van der Waals surface area contributed by atoms with E-state index in [2.05, 4.69) is 19.2 Å². The molecular formula is C59H119NO4. The summed E-state index contributed by atoms with van der Waals surface area (Å²) in [5, 5.41) is 33.6. The largest absolute Gasteiger partial charge is 0.394 e. The number of aliphatic hydroxyl groups excluding tert-OH is 3. The van der Waals surface area contributed by atoms with Gasteiger partial charge in [0.1, 0.15) is 6.10 Å². The summed E-state index contributed by atoms with van der Waals surface area (Å²) in [6.07, 6.45) is 67.3. The Labute approximate surface area is 402 Å². The highest BCUT2D eigenvalue weighted by Crippen LogP contribution is 2.19. The van der Waals surface area contributed by atoms with E-state index in [-0.39, 0.29) is 6.61 Å². The Morgan fingerprint density at radius 3 is 0.703 bits per heavy atom. The molecule has 0 spiro atoms. The van der Waals surface area contributed by atoms with Crippen LogP contribution in [0, 0.1) is 0 Å². The van der Waals surface area contributed by atoms with Gasteiger partial charge in [0, 0.05) is 0 Å². The lowest BCUT2D eigenvalue weighted by Gasteiger charge is -2.23. The molecule has 0 heterocycles. The highest BCUT2D eigenvalue weighted by Gasteiger charge is 2.23. The SMILES string of the molecule is CCCCCCCCCCCCCCCCCCCCCCCCCCCC(O)C(=O)NC(CO)C(O)CCCCCCCCCCCCCCCCCCCCCCCCCCC. The van der Waals surface area contributed by atoms with E-state index in [1.54, 1.807) is 0 Å². The van der Waals surface area contributed by atoms with Gasteiger partial charge in [-0.2, -0.15) is 0 Å². The zero-order valence-electron chi connectivity index (χ0n) is 44.0. The maximum absolute atomic E-state index is 12.6. The summed E-state index contributed by atoms with van der Waals surface area (Å²) in [7, 11) is 0. The average Bonchev–Trinajstić information content (AvgIpc) is 3.30. The third kappa shape index (κ3) is 49.3. The molecule has 0 rings (SSSR count). The van der Waals surface area contributed by atoms with Crippen molar-refractivity contribution in [2.45, 2.75) is 366 Å². The highest BCUT2D eigenvalue weighted by atomic mass is 16.3. The monoisotopic (exact) mass is 906 g/mol. The zero-order chi connectivity index (χ0) is 46.5. The van der Waals surface area contributed by atoms with Crippen molar-refractivity contribution in [1.82, 2.24) is 5.32 Å². The predicted molar refractivity (Wildman–Crippen MR) is 282 cm³/mol. The maximum Gasteiger partial charge on any atom is 0.249 e. The van der Waals surface area contributed by atoms with Gasteiger partial charge in [-0.05, 0) is 12.8 Å². The van der Waals surface area contributed by atoms with E-state index in [0.29, 0.717) is 12.8 Å². The Balaban J connectivity index is 3.48. The minimum Gasteiger partial charge on any atom is -0.394 e. The summed E-state index contributed by atoms with van der Waals surface area (Å²) in [4.78, 5) is 12.6. The van der Waals surface area contributed by atoms with E-state index >= 15 is 0 Å². The lowest BCUT2D eigenvalue weighted by molar-refractivity contribution is -0.131. The first-order chi connectivity index (χ1) is 31.6. The summed E-state index contributed by atoms with van der Waals surface area (Å²) >= 11 is 0. The summed E-state index contributed by atoms with van der Waals surface area (Å²) < 4.78 is 0. The molecule has 0 bridgehead atoms. The van der Waals surface area contributed by atoms with Crippen LogP contribution in [-0.4, -0.2) is 46.1 Å². The van der Waals surface area contributed by atoms with E-state index in [0.717, 1.165) is 32.1 Å². The van der Waals surface area contributed by atoms with Gasteiger partial charge in [-0.3, -0.25) is 4.79 Å². The molecule has 1 amide bonds. The topological polar surface area (TPSA) is 89.8 Å². The Hall–Kier alpha value is -0.650. The number of carbonyl (C=O) groups is 1. The molecule has 0 fully saturated rings. The summed E-state index contributed by atoms with van der Waals surface area (Å²) in [5.74, 6) is -0.461. The number of unbranched alkanes of at least 4 members (excludes halogenated alkanes) is 48. The fourth-order valence-corrected chi connectivity index (χ4v) is 9.84. The van der Waals surface area contributed by atoms with Gasteiger partial charge in [-0.15, -0.1) is 0 Å². The molecular weight excluding hydrogens is 787 g/mol. The van der Waals surface area contributed by atoms with Crippen LogP contribution in [0.2, 0.25) is 0 Å². The van der Waals surface area contributed by atoms with Crippen molar-refractivity contribution in [3.63, 3.8) is 0 Å². The van der Waals surface area contributed by atoms with Crippen LogP contribution in [0.15, 0.2) is 0 Å². The molecule has 5 nitrogen and oxygen atoms in total. The molecule has 3 atom stereocenters. The molecule has 0 saturated carbocycles. The standard InChI is InChI=1S/C59H119NO4/c1-3-5-7-9-11-13-15-17-19-21-23-25-27-29-31-33-35-37-39-41-43-45-47-49-51-53-57(62)56(55-61)60-59(64)58(63)54-52-50-48-46-44-42-40-38-36-34-32-30-28-26-24-22-20-18-16-14-12-10-8-6-4-2/h56-58,61-63H,3-55H2,1-2H3,(H,60,64). The second-order valence-electron chi connectivity index (χ2n) is 20.9. The van der Waals surface area contributed by atoms with Crippen molar-refractivity contribution < 1.29 is 20.1 Å². The molecule has 0 aliphatic heterocycles. The smallest absolute Gasteiger partial charge is 0.249 e. The van der Waals surface area contributed by atoms with Crippen molar-refractivity contribution in [3.8, 4) is 0 Å². The van der Waals surface area contributed by atoms with Gasteiger partial charge in [-0.1, -0.05) is 335 Å². The van der Waals surface area contributed by atoms with Crippen molar-refractivity contribution in [2.75, 3.05) is 6.61 Å². The normalized spacial score (nSPS) is 13.1. The Kier molecular flexibility index (Phi) is 54.4. The Bertz CT molecular complexity index is 868. The van der Waals surface area contributed by atoms with Crippen molar-refractivity contribution in [2.24, 2.45) is 0 Å². The molecule has 0 aliphatic carbocycles. The average molecular weight is 907 g/mol. The first-order valence-corrected chi connectivity index (χ1v) is 29.8. The quantitative estimate of drug-likeness (QED) is 0.0458. The van der Waals surface area contributed by atoms with Gasteiger partial charge >= 0.3 is 0 Å². The minimum atomic E-state index is -1.07. The number of carbonyl (C=O) groups excluding carboxylic acids is 1. The number of aliphatic hydroxyl groups is 3. The molecule has 4 N–H and O–H groups in total. The van der Waals surface area contributed by atoms with E-state index in [1.165, 1.54) is 289 Å². The summed E-state index contributed by atoms with van der Waals surface area (Å²) in [5.41, 5.74) is 0. The Morgan fingerprint density at radius 1 is 0.312 bits per heavy atom. The summed E-state index contributed by atoms with van der Waals surface area (Å²) in [6.45, 7) is 4.29. The van der Waals surface area contributed by atoms with Crippen LogP contribution in [0.25, 0.3) is 0 Å². The minimum absolute atomic E-state index is 0.307. The van der Waals surface area contributed by atoms with Gasteiger partial charge in [0.25, 0.3) is 0 Å². The second kappa shape index (κ2) is 55.0. The van der Waals surface area contributed by atoms with Crippen molar-refractivity contribution >= 4 is 5.91 Å². The first-order valence-electron chi connectivity index (χ1n) is 29.8. The van der Waals surface area contributed by atoms with E-state index in [1.807, 2.05) is 0 Å². The fraction of sp³-hybridized carbons (Fsp3) is 0.983. The number of hydrogen-bond acceptors (Lipinski definition) is 4. The van der Waals surface area contributed by atoms with Crippen LogP contribution in [0.5, 0.6) is 0 Å². The molecule has 384 valence electrons.